The van der Waals surface area contributed by atoms with E-state index in [-0.39, 0.29) is 11.4 Å². The Hall–Kier alpha value is -2.36. The van der Waals surface area contributed by atoms with Crippen LogP contribution >= 0.6 is 0 Å². The maximum absolute atomic E-state index is 13.0. The van der Waals surface area contributed by atoms with E-state index in [2.05, 4.69) is 0 Å². The summed E-state index contributed by atoms with van der Waals surface area (Å²) in [7, 11) is 0. The van der Waals surface area contributed by atoms with Crippen LogP contribution in [0.5, 0.6) is 11.5 Å². The molecule has 1 N–H and O–H groups in total. The molecule has 0 amide bonds. The molecule has 2 rings (SSSR count). The van der Waals surface area contributed by atoms with Crippen LogP contribution in [0, 0.1) is 19.7 Å². The van der Waals surface area contributed by atoms with Crippen molar-refractivity contribution in [2.75, 3.05) is 0 Å². The first-order chi connectivity index (χ1) is 8.97. The number of hydrogen-bond donors (Lipinski definition) is 1. The molecule has 4 heteroatoms. The Bertz CT molecular complexity index is 635. The highest BCUT2D eigenvalue weighted by Gasteiger charge is 2.09. The zero-order chi connectivity index (χ0) is 14.0. The number of carboxylic acids is 1. The summed E-state index contributed by atoms with van der Waals surface area (Å²) in [5, 5.41) is 8.95. The topological polar surface area (TPSA) is 46.5 Å². The van der Waals surface area contributed by atoms with Gasteiger partial charge in [0.25, 0.3) is 0 Å². The van der Waals surface area contributed by atoms with Gasteiger partial charge in [0.2, 0.25) is 0 Å². The molecule has 0 radical (unpaired) electrons. The highest BCUT2D eigenvalue weighted by Crippen LogP contribution is 2.28. The third kappa shape index (κ3) is 2.91. The fourth-order valence-electron chi connectivity index (χ4n) is 1.69. The fraction of sp³-hybridized carbons (Fsp3) is 0.133. The van der Waals surface area contributed by atoms with Gasteiger partial charge in [-0.3, -0.25) is 0 Å². The molecule has 0 atom stereocenters. The number of aromatic carboxylic acids is 1. The van der Waals surface area contributed by atoms with Crippen molar-refractivity contribution in [3.05, 3.63) is 58.9 Å². The Labute approximate surface area is 110 Å². The van der Waals surface area contributed by atoms with Gasteiger partial charge in [-0.05, 0) is 55.3 Å². The second-order valence-electron chi connectivity index (χ2n) is 4.30. The third-order valence-electron chi connectivity index (χ3n) is 2.79. The molecule has 0 aromatic heterocycles. The summed E-state index contributed by atoms with van der Waals surface area (Å²) in [6.45, 7) is 3.55. The van der Waals surface area contributed by atoms with Crippen molar-refractivity contribution in [2.45, 2.75) is 13.8 Å². The van der Waals surface area contributed by atoms with Crippen LogP contribution in [0.3, 0.4) is 0 Å². The van der Waals surface area contributed by atoms with E-state index in [1.807, 2.05) is 6.92 Å². The van der Waals surface area contributed by atoms with Gasteiger partial charge in [0, 0.05) is 0 Å². The van der Waals surface area contributed by atoms with Crippen LogP contribution in [-0.4, -0.2) is 11.1 Å². The van der Waals surface area contributed by atoms with Gasteiger partial charge in [0.05, 0.1) is 5.56 Å². The average molecular weight is 260 g/mol. The van der Waals surface area contributed by atoms with Gasteiger partial charge in [-0.1, -0.05) is 6.07 Å². The first-order valence-corrected chi connectivity index (χ1v) is 5.75. The first kappa shape index (κ1) is 13.1. The maximum atomic E-state index is 13.0. The van der Waals surface area contributed by atoms with E-state index in [0.29, 0.717) is 17.1 Å². The van der Waals surface area contributed by atoms with Crippen LogP contribution in [-0.2, 0) is 0 Å². The monoisotopic (exact) mass is 260 g/mol. The molecule has 2 aromatic rings. The smallest absolute Gasteiger partial charge is 0.335 e. The van der Waals surface area contributed by atoms with E-state index in [1.165, 1.54) is 30.3 Å². The molecule has 0 saturated carbocycles. The summed E-state index contributed by atoms with van der Waals surface area (Å²) in [5.41, 5.74) is 1.62. The summed E-state index contributed by atoms with van der Waals surface area (Å²) in [6, 6.07) is 8.85. The Morgan fingerprint density at radius 2 is 1.79 bits per heavy atom. The number of carboxylic acid groups (broad SMARTS) is 1. The van der Waals surface area contributed by atoms with Crippen molar-refractivity contribution in [3.63, 3.8) is 0 Å². The molecule has 19 heavy (non-hydrogen) atoms. The molecule has 0 unspecified atom stereocenters. The summed E-state index contributed by atoms with van der Waals surface area (Å²) < 4.78 is 18.7. The van der Waals surface area contributed by atoms with E-state index in [9.17, 15) is 9.18 Å². The second kappa shape index (κ2) is 5.10. The lowest BCUT2D eigenvalue weighted by atomic mass is 10.1. The molecule has 0 spiro atoms. The minimum atomic E-state index is -1.01. The summed E-state index contributed by atoms with van der Waals surface area (Å²) in [6.07, 6.45) is 0. The number of carbonyl (C=O) groups is 1. The van der Waals surface area contributed by atoms with Gasteiger partial charge in [-0.25, -0.2) is 9.18 Å². The SMILES string of the molecule is Cc1cc(F)ccc1Oc1cc(C(=O)O)ccc1C. The Balaban J connectivity index is 2.37. The predicted molar refractivity (Wildman–Crippen MR) is 69.3 cm³/mol. The van der Waals surface area contributed by atoms with Crippen LogP contribution in [0.25, 0.3) is 0 Å². The number of ether oxygens (including phenoxy) is 1. The fourth-order valence-corrected chi connectivity index (χ4v) is 1.69. The molecule has 0 fully saturated rings. The lowest BCUT2D eigenvalue weighted by Crippen LogP contribution is -1.98. The van der Waals surface area contributed by atoms with Crippen molar-refractivity contribution in [1.29, 1.82) is 0 Å². The van der Waals surface area contributed by atoms with Gasteiger partial charge in [-0.15, -0.1) is 0 Å². The first-order valence-electron chi connectivity index (χ1n) is 5.75. The van der Waals surface area contributed by atoms with E-state index >= 15 is 0 Å². The highest BCUT2D eigenvalue weighted by atomic mass is 19.1. The van der Waals surface area contributed by atoms with Gasteiger partial charge < -0.3 is 9.84 Å². The summed E-state index contributed by atoms with van der Waals surface area (Å²) >= 11 is 0. The quantitative estimate of drug-likeness (QED) is 0.909. The molecule has 2 aromatic carbocycles. The number of halogens is 1. The average Bonchev–Trinajstić information content (AvgIpc) is 2.34. The highest BCUT2D eigenvalue weighted by molar-refractivity contribution is 5.88. The zero-order valence-electron chi connectivity index (χ0n) is 10.6. The minimum Gasteiger partial charge on any atom is -0.478 e. The molecule has 0 saturated heterocycles. The molecule has 0 heterocycles. The van der Waals surface area contributed by atoms with Crippen LogP contribution < -0.4 is 4.74 Å². The van der Waals surface area contributed by atoms with Crippen LogP contribution in [0.15, 0.2) is 36.4 Å². The molecule has 3 nitrogen and oxygen atoms in total. The van der Waals surface area contributed by atoms with Crippen molar-refractivity contribution in [1.82, 2.24) is 0 Å². The van der Waals surface area contributed by atoms with Crippen molar-refractivity contribution in [2.24, 2.45) is 0 Å². The van der Waals surface area contributed by atoms with Gasteiger partial charge in [0.15, 0.2) is 0 Å². The molecule has 0 aliphatic rings. The lowest BCUT2D eigenvalue weighted by molar-refractivity contribution is 0.0696. The normalized spacial score (nSPS) is 10.3. The van der Waals surface area contributed by atoms with Crippen molar-refractivity contribution in [3.8, 4) is 11.5 Å². The minimum absolute atomic E-state index is 0.153. The van der Waals surface area contributed by atoms with Crippen LogP contribution in [0.4, 0.5) is 4.39 Å². The Morgan fingerprint density at radius 1 is 1.05 bits per heavy atom. The van der Waals surface area contributed by atoms with Crippen molar-refractivity contribution >= 4 is 5.97 Å². The molecular formula is C15H13FO3. The van der Waals surface area contributed by atoms with E-state index < -0.39 is 5.97 Å². The van der Waals surface area contributed by atoms with Crippen molar-refractivity contribution < 1.29 is 19.0 Å². The van der Waals surface area contributed by atoms with Gasteiger partial charge in [0.1, 0.15) is 17.3 Å². The number of benzene rings is 2. The second-order valence-corrected chi connectivity index (χ2v) is 4.30. The van der Waals surface area contributed by atoms with Crippen LogP contribution in [0.2, 0.25) is 0 Å². The molecular weight excluding hydrogens is 247 g/mol. The third-order valence-corrected chi connectivity index (χ3v) is 2.79. The van der Waals surface area contributed by atoms with E-state index in [0.717, 1.165) is 5.56 Å². The van der Waals surface area contributed by atoms with E-state index in [1.54, 1.807) is 13.0 Å². The summed E-state index contributed by atoms with van der Waals surface area (Å²) in [5.74, 6) is -0.386. The predicted octanol–water partition coefficient (Wildman–Crippen LogP) is 3.93. The van der Waals surface area contributed by atoms with Gasteiger partial charge in [-0.2, -0.15) is 0 Å². The lowest BCUT2D eigenvalue weighted by Gasteiger charge is -2.11. The van der Waals surface area contributed by atoms with Gasteiger partial charge >= 0.3 is 5.97 Å². The molecule has 0 aliphatic carbocycles. The maximum Gasteiger partial charge on any atom is 0.335 e. The number of hydrogen-bond acceptors (Lipinski definition) is 2. The molecule has 0 aliphatic heterocycles. The van der Waals surface area contributed by atoms with Crippen LogP contribution in [0.1, 0.15) is 21.5 Å². The van der Waals surface area contributed by atoms with E-state index in [4.69, 9.17) is 9.84 Å². The zero-order valence-corrected chi connectivity index (χ0v) is 10.6. The Kier molecular flexibility index (Phi) is 3.51. The summed E-state index contributed by atoms with van der Waals surface area (Å²) in [4.78, 5) is 10.9. The molecule has 98 valence electrons. The standard InChI is InChI=1S/C15H13FO3/c1-9-3-4-11(15(17)18)8-14(9)19-13-6-5-12(16)7-10(13)2/h3-8H,1-2H3,(H,17,18). The Morgan fingerprint density at radius 3 is 2.42 bits per heavy atom. The molecule has 0 bridgehead atoms. The number of rotatable bonds is 3. The number of aryl methyl sites for hydroxylation is 2. The largest absolute Gasteiger partial charge is 0.478 e.